The van der Waals surface area contributed by atoms with Crippen LogP contribution in [0.4, 0.5) is 5.69 Å². The van der Waals surface area contributed by atoms with Crippen LogP contribution >= 0.6 is 0 Å². The number of carbonyl (C=O) groups is 1. The van der Waals surface area contributed by atoms with Gasteiger partial charge in [-0.3, -0.25) is 4.79 Å². The van der Waals surface area contributed by atoms with Gasteiger partial charge in [-0.1, -0.05) is 6.07 Å². The van der Waals surface area contributed by atoms with Crippen molar-refractivity contribution in [1.82, 2.24) is 5.32 Å². The maximum Gasteiger partial charge on any atom is 0.251 e. The van der Waals surface area contributed by atoms with Gasteiger partial charge in [-0.25, -0.2) is 8.42 Å². The minimum atomic E-state index is -2.89. The van der Waals surface area contributed by atoms with Crippen molar-refractivity contribution in [1.29, 1.82) is 0 Å². The van der Waals surface area contributed by atoms with Crippen LogP contribution in [0.5, 0.6) is 0 Å². The molecule has 0 atom stereocenters. The summed E-state index contributed by atoms with van der Waals surface area (Å²) in [6, 6.07) is 6.65. The Labute approximate surface area is 106 Å². The quantitative estimate of drug-likeness (QED) is 0.768. The SMILES string of the molecule is Nc1cccc(C(=O)NC2CCS(=O)(=O)CC2)c1. The van der Waals surface area contributed by atoms with Crippen LogP contribution in [0.2, 0.25) is 0 Å². The molecule has 0 bridgehead atoms. The number of sulfone groups is 1. The fourth-order valence-electron chi connectivity index (χ4n) is 1.98. The number of benzene rings is 1. The second-order valence-electron chi connectivity index (χ2n) is 4.53. The zero-order valence-corrected chi connectivity index (χ0v) is 10.7. The number of nitrogens with two attached hydrogens (primary N) is 1. The number of nitrogens with one attached hydrogen (secondary N) is 1. The van der Waals surface area contributed by atoms with Crippen LogP contribution in [-0.4, -0.2) is 31.9 Å². The van der Waals surface area contributed by atoms with Gasteiger partial charge >= 0.3 is 0 Å². The van der Waals surface area contributed by atoms with Crippen molar-refractivity contribution in [2.45, 2.75) is 18.9 Å². The predicted octanol–water partition coefficient (Wildman–Crippen LogP) is 0.576. The van der Waals surface area contributed by atoms with Gasteiger partial charge in [0.2, 0.25) is 0 Å². The molecule has 1 aromatic rings. The van der Waals surface area contributed by atoms with Crippen molar-refractivity contribution < 1.29 is 13.2 Å². The average molecular weight is 268 g/mol. The van der Waals surface area contributed by atoms with E-state index < -0.39 is 9.84 Å². The summed E-state index contributed by atoms with van der Waals surface area (Å²) in [5.74, 6) is 0.0932. The van der Waals surface area contributed by atoms with Crippen molar-refractivity contribution in [3.05, 3.63) is 29.8 Å². The van der Waals surface area contributed by atoms with E-state index in [1.165, 1.54) is 0 Å². The third-order valence-electron chi connectivity index (χ3n) is 3.04. The largest absolute Gasteiger partial charge is 0.399 e. The van der Waals surface area contributed by atoms with E-state index in [1.54, 1.807) is 24.3 Å². The molecule has 1 fully saturated rings. The monoisotopic (exact) mass is 268 g/mol. The molecule has 6 heteroatoms. The lowest BCUT2D eigenvalue weighted by Crippen LogP contribution is -2.40. The smallest absolute Gasteiger partial charge is 0.251 e. The third kappa shape index (κ3) is 3.22. The molecule has 3 N–H and O–H groups in total. The molecule has 0 radical (unpaired) electrons. The lowest BCUT2D eigenvalue weighted by Gasteiger charge is -2.23. The fourth-order valence-corrected chi connectivity index (χ4v) is 3.47. The maximum absolute atomic E-state index is 11.9. The molecule has 1 aliphatic heterocycles. The van der Waals surface area contributed by atoms with E-state index in [0.29, 0.717) is 24.1 Å². The fraction of sp³-hybridized carbons (Fsp3) is 0.417. The number of carbonyl (C=O) groups excluding carboxylic acids is 1. The lowest BCUT2D eigenvalue weighted by molar-refractivity contribution is 0.0934. The molecule has 98 valence electrons. The number of anilines is 1. The summed E-state index contributed by atoms with van der Waals surface area (Å²) in [7, 11) is -2.89. The first-order valence-corrected chi connectivity index (χ1v) is 7.65. The van der Waals surface area contributed by atoms with Gasteiger partial charge in [0, 0.05) is 17.3 Å². The molecule has 1 aromatic carbocycles. The minimum absolute atomic E-state index is 0.0672. The number of hydrogen-bond donors (Lipinski definition) is 2. The molecule has 0 saturated carbocycles. The summed E-state index contributed by atoms with van der Waals surface area (Å²) in [5, 5.41) is 2.84. The number of nitrogen functional groups attached to an aromatic ring is 1. The molecule has 0 aromatic heterocycles. The van der Waals surface area contributed by atoms with Crippen molar-refractivity contribution in [2.75, 3.05) is 17.2 Å². The molecule has 0 aliphatic carbocycles. The molecular formula is C12H16N2O3S. The molecule has 18 heavy (non-hydrogen) atoms. The van der Waals surface area contributed by atoms with Crippen molar-refractivity contribution in [3.8, 4) is 0 Å². The molecular weight excluding hydrogens is 252 g/mol. The van der Waals surface area contributed by atoms with Gasteiger partial charge in [-0.05, 0) is 31.0 Å². The van der Waals surface area contributed by atoms with Crippen LogP contribution in [-0.2, 0) is 9.84 Å². The summed E-state index contributed by atoms with van der Waals surface area (Å²) in [6.45, 7) is 0. The first-order chi connectivity index (χ1) is 8.46. The molecule has 5 nitrogen and oxygen atoms in total. The Morgan fingerprint density at radius 2 is 1.94 bits per heavy atom. The highest BCUT2D eigenvalue weighted by atomic mass is 32.2. The van der Waals surface area contributed by atoms with Gasteiger partial charge in [0.15, 0.2) is 0 Å². The van der Waals surface area contributed by atoms with E-state index in [2.05, 4.69) is 5.32 Å². The van der Waals surface area contributed by atoms with Crippen molar-refractivity contribution >= 4 is 21.4 Å². The Balaban J connectivity index is 1.97. The standard InChI is InChI=1S/C12H16N2O3S/c13-10-3-1-2-9(8-10)12(15)14-11-4-6-18(16,17)7-5-11/h1-3,8,11H,4-7,13H2,(H,14,15). The average Bonchev–Trinajstić information content (AvgIpc) is 2.32. The number of hydrogen-bond acceptors (Lipinski definition) is 4. The van der Waals surface area contributed by atoms with Gasteiger partial charge in [-0.15, -0.1) is 0 Å². The van der Waals surface area contributed by atoms with Crippen LogP contribution in [0, 0.1) is 0 Å². The van der Waals surface area contributed by atoms with Gasteiger partial charge in [0.1, 0.15) is 9.84 Å². The van der Waals surface area contributed by atoms with Gasteiger partial charge in [0.05, 0.1) is 11.5 Å². The summed E-state index contributed by atoms with van der Waals surface area (Å²) < 4.78 is 22.5. The summed E-state index contributed by atoms with van der Waals surface area (Å²) >= 11 is 0. The molecule has 1 aliphatic rings. The van der Waals surface area contributed by atoms with Crippen LogP contribution < -0.4 is 11.1 Å². The van der Waals surface area contributed by atoms with E-state index in [4.69, 9.17) is 5.73 Å². The molecule has 0 spiro atoms. The zero-order chi connectivity index (χ0) is 13.2. The highest BCUT2D eigenvalue weighted by Crippen LogP contribution is 2.13. The van der Waals surface area contributed by atoms with Crippen LogP contribution in [0.15, 0.2) is 24.3 Å². The minimum Gasteiger partial charge on any atom is -0.399 e. The molecule has 1 amide bonds. The summed E-state index contributed by atoms with van der Waals surface area (Å²) in [5.41, 5.74) is 6.64. The van der Waals surface area contributed by atoms with Crippen molar-refractivity contribution in [3.63, 3.8) is 0 Å². The van der Waals surface area contributed by atoms with E-state index in [1.807, 2.05) is 0 Å². The van der Waals surface area contributed by atoms with E-state index >= 15 is 0 Å². The highest BCUT2D eigenvalue weighted by Gasteiger charge is 2.24. The highest BCUT2D eigenvalue weighted by molar-refractivity contribution is 7.91. The predicted molar refractivity (Wildman–Crippen MR) is 70.0 cm³/mol. The second-order valence-corrected chi connectivity index (χ2v) is 6.83. The van der Waals surface area contributed by atoms with E-state index in [9.17, 15) is 13.2 Å². The van der Waals surface area contributed by atoms with E-state index in [-0.39, 0.29) is 23.5 Å². The summed E-state index contributed by atoms with van der Waals surface area (Å²) in [4.78, 5) is 11.9. The lowest BCUT2D eigenvalue weighted by atomic mass is 10.1. The second kappa shape index (κ2) is 4.97. The molecule has 2 rings (SSSR count). The Bertz CT molecular complexity index is 540. The Morgan fingerprint density at radius 1 is 1.28 bits per heavy atom. The number of rotatable bonds is 2. The third-order valence-corrected chi connectivity index (χ3v) is 4.75. The van der Waals surface area contributed by atoms with Crippen LogP contribution in [0.1, 0.15) is 23.2 Å². The Kier molecular flexibility index (Phi) is 3.56. The molecule has 0 unspecified atom stereocenters. The van der Waals surface area contributed by atoms with E-state index in [0.717, 1.165) is 0 Å². The topological polar surface area (TPSA) is 89.3 Å². The normalized spacial score (nSPS) is 19.3. The van der Waals surface area contributed by atoms with Crippen LogP contribution in [0.25, 0.3) is 0 Å². The molecule has 1 heterocycles. The molecule has 1 saturated heterocycles. The van der Waals surface area contributed by atoms with Gasteiger partial charge in [0.25, 0.3) is 5.91 Å². The first-order valence-electron chi connectivity index (χ1n) is 5.83. The Morgan fingerprint density at radius 3 is 2.56 bits per heavy atom. The van der Waals surface area contributed by atoms with Gasteiger partial charge < -0.3 is 11.1 Å². The summed E-state index contributed by atoms with van der Waals surface area (Å²) in [6.07, 6.45) is 0.965. The maximum atomic E-state index is 11.9. The van der Waals surface area contributed by atoms with Crippen LogP contribution in [0.3, 0.4) is 0 Å². The van der Waals surface area contributed by atoms with Crippen molar-refractivity contribution in [2.24, 2.45) is 0 Å². The zero-order valence-electron chi connectivity index (χ0n) is 9.93. The first kappa shape index (κ1) is 12.9. The Hall–Kier alpha value is -1.56. The van der Waals surface area contributed by atoms with Gasteiger partial charge in [-0.2, -0.15) is 0 Å². The number of amides is 1.